The maximum Gasteiger partial charge on any atom is 0.220 e. The summed E-state index contributed by atoms with van der Waals surface area (Å²) in [5.74, 6) is 1.42. The summed E-state index contributed by atoms with van der Waals surface area (Å²) in [4.78, 5) is 14.9. The molecule has 1 amide bonds. The maximum atomic E-state index is 12.5. The van der Waals surface area contributed by atoms with Crippen LogP contribution in [-0.2, 0) is 16.0 Å². The molecule has 6 nitrogen and oxygen atoms in total. The van der Waals surface area contributed by atoms with Gasteiger partial charge in [0.15, 0.2) is 11.5 Å². The Morgan fingerprint density at radius 3 is 2.48 bits per heavy atom. The van der Waals surface area contributed by atoms with Gasteiger partial charge in [-0.2, -0.15) is 0 Å². The number of methoxy groups -OCH3 is 2. The highest BCUT2D eigenvalue weighted by Crippen LogP contribution is 2.28. The summed E-state index contributed by atoms with van der Waals surface area (Å²) in [6.45, 7) is 3.81. The SMILES string of the molecule is COc1ccc(CCC(=O)NCC(c2ccccc2)N2CCOCC2)cc1OC. The number of amides is 1. The first-order valence-electron chi connectivity index (χ1n) is 10.1. The molecule has 0 aliphatic carbocycles. The van der Waals surface area contributed by atoms with Gasteiger partial charge in [0.2, 0.25) is 5.91 Å². The van der Waals surface area contributed by atoms with E-state index in [4.69, 9.17) is 14.2 Å². The lowest BCUT2D eigenvalue weighted by Gasteiger charge is -2.35. The van der Waals surface area contributed by atoms with Crippen LogP contribution in [0.3, 0.4) is 0 Å². The number of carbonyl (C=O) groups is 1. The number of rotatable bonds is 9. The predicted molar refractivity (Wildman–Crippen MR) is 112 cm³/mol. The number of hydrogen-bond acceptors (Lipinski definition) is 5. The van der Waals surface area contributed by atoms with Crippen LogP contribution < -0.4 is 14.8 Å². The van der Waals surface area contributed by atoms with Crippen molar-refractivity contribution in [2.75, 3.05) is 47.1 Å². The Labute approximate surface area is 172 Å². The van der Waals surface area contributed by atoms with Crippen LogP contribution in [0.5, 0.6) is 11.5 Å². The highest BCUT2D eigenvalue weighted by Gasteiger charge is 2.23. The Bertz CT molecular complexity index is 776. The summed E-state index contributed by atoms with van der Waals surface area (Å²) in [7, 11) is 3.23. The first-order chi connectivity index (χ1) is 14.2. The van der Waals surface area contributed by atoms with Crippen LogP contribution in [0.2, 0.25) is 0 Å². The summed E-state index contributed by atoms with van der Waals surface area (Å²) in [6, 6.07) is 16.3. The molecule has 0 bridgehead atoms. The van der Waals surface area contributed by atoms with Crippen molar-refractivity contribution in [1.29, 1.82) is 0 Å². The van der Waals surface area contributed by atoms with Gasteiger partial charge >= 0.3 is 0 Å². The first-order valence-corrected chi connectivity index (χ1v) is 10.1. The second-order valence-corrected chi connectivity index (χ2v) is 7.07. The molecule has 0 aromatic heterocycles. The topological polar surface area (TPSA) is 60.0 Å². The molecule has 0 radical (unpaired) electrons. The number of hydrogen-bond donors (Lipinski definition) is 1. The Morgan fingerprint density at radius 1 is 1.07 bits per heavy atom. The molecule has 6 heteroatoms. The molecule has 1 atom stereocenters. The Morgan fingerprint density at radius 2 is 1.79 bits per heavy atom. The lowest BCUT2D eigenvalue weighted by molar-refractivity contribution is -0.121. The second-order valence-electron chi connectivity index (χ2n) is 7.07. The van der Waals surface area contributed by atoms with E-state index in [0.29, 0.717) is 30.9 Å². The monoisotopic (exact) mass is 398 g/mol. The number of ether oxygens (including phenoxy) is 3. The smallest absolute Gasteiger partial charge is 0.220 e. The van der Waals surface area contributed by atoms with E-state index in [1.54, 1.807) is 14.2 Å². The van der Waals surface area contributed by atoms with Crippen molar-refractivity contribution < 1.29 is 19.0 Å². The van der Waals surface area contributed by atoms with E-state index in [0.717, 1.165) is 31.9 Å². The van der Waals surface area contributed by atoms with Gasteiger partial charge in [0.25, 0.3) is 0 Å². The van der Waals surface area contributed by atoms with Gasteiger partial charge in [-0.1, -0.05) is 36.4 Å². The average molecular weight is 399 g/mol. The third kappa shape index (κ3) is 5.95. The van der Waals surface area contributed by atoms with E-state index in [2.05, 4.69) is 22.3 Å². The van der Waals surface area contributed by atoms with Gasteiger partial charge < -0.3 is 19.5 Å². The standard InChI is InChI=1S/C23H30N2O4/c1-27-21-10-8-18(16-22(21)28-2)9-11-23(26)24-17-20(19-6-4-3-5-7-19)25-12-14-29-15-13-25/h3-8,10,16,20H,9,11-15,17H2,1-2H3,(H,24,26). The molecule has 1 heterocycles. The van der Waals surface area contributed by atoms with Crippen molar-refractivity contribution in [3.05, 3.63) is 59.7 Å². The molecule has 1 saturated heterocycles. The number of nitrogens with one attached hydrogen (secondary N) is 1. The largest absolute Gasteiger partial charge is 0.493 e. The summed E-state index contributed by atoms with van der Waals surface area (Å²) in [5, 5.41) is 3.12. The van der Waals surface area contributed by atoms with E-state index >= 15 is 0 Å². The molecule has 2 aromatic carbocycles. The lowest BCUT2D eigenvalue weighted by Crippen LogP contribution is -2.43. The summed E-state index contributed by atoms with van der Waals surface area (Å²) >= 11 is 0. The highest BCUT2D eigenvalue weighted by molar-refractivity contribution is 5.76. The van der Waals surface area contributed by atoms with Gasteiger partial charge in [-0.15, -0.1) is 0 Å². The van der Waals surface area contributed by atoms with E-state index in [-0.39, 0.29) is 11.9 Å². The van der Waals surface area contributed by atoms with E-state index in [1.165, 1.54) is 5.56 Å². The molecular formula is C23H30N2O4. The van der Waals surface area contributed by atoms with Crippen LogP contribution in [0.4, 0.5) is 0 Å². The normalized spacial score (nSPS) is 15.5. The minimum Gasteiger partial charge on any atom is -0.493 e. The molecule has 0 saturated carbocycles. The molecule has 1 aliphatic rings. The average Bonchev–Trinajstić information content (AvgIpc) is 2.79. The van der Waals surface area contributed by atoms with Crippen molar-refractivity contribution in [2.45, 2.75) is 18.9 Å². The molecule has 1 fully saturated rings. The second kappa shape index (κ2) is 10.8. The molecule has 156 valence electrons. The van der Waals surface area contributed by atoms with Crippen molar-refractivity contribution in [2.24, 2.45) is 0 Å². The summed E-state index contributed by atoms with van der Waals surface area (Å²) in [5.41, 5.74) is 2.26. The maximum absolute atomic E-state index is 12.5. The molecular weight excluding hydrogens is 368 g/mol. The Kier molecular flexibility index (Phi) is 7.90. The molecule has 29 heavy (non-hydrogen) atoms. The zero-order valence-electron chi connectivity index (χ0n) is 17.2. The van der Waals surface area contributed by atoms with Gasteiger partial charge in [0, 0.05) is 26.1 Å². The number of morpholine rings is 1. The van der Waals surface area contributed by atoms with Crippen LogP contribution in [0, 0.1) is 0 Å². The minimum atomic E-state index is 0.0500. The number of benzene rings is 2. The third-order valence-electron chi connectivity index (χ3n) is 5.25. The van der Waals surface area contributed by atoms with Gasteiger partial charge in [-0.3, -0.25) is 9.69 Å². The van der Waals surface area contributed by atoms with Crippen molar-refractivity contribution in [3.63, 3.8) is 0 Å². The van der Waals surface area contributed by atoms with Gasteiger partial charge in [-0.05, 0) is 29.7 Å². The third-order valence-corrected chi connectivity index (χ3v) is 5.25. The number of aryl methyl sites for hydroxylation is 1. The quantitative estimate of drug-likeness (QED) is 0.704. The zero-order chi connectivity index (χ0) is 20.5. The summed E-state index contributed by atoms with van der Waals surface area (Å²) < 4.78 is 16.1. The fraction of sp³-hybridized carbons (Fsp3) is 0.435. The molecule has 3 rings (SSSR count). The fourth-order valence-electron chi connectivity index (χ4n) is 3.62. The van der Waals surface area contributed by atoms with Gasteiger partial charge in [0.1, 0.15) is 0 Å². The molecule has 1 unspecified atom stereocenters. The minimum absolute atomic E-state index is 0.0500. The van der Waals surface area contributed by atoms with Crippen LogP contribution in [0.1, 0.15) is 23.6 Å². The van der Waals surface area contributed by atoms with Gasteiger partial charge in [0.05, 0.1) is 33.5 Å². The number of nitrogens with zero attached hydrogens (tertiary/aromatic N) is 1. The molecule has 0 spiro atoms. The summed E-state index contributed by atoms with van der Waals surface area (Å²) in [6.07, 6.45) is 1.08. The van der Waals surface area contributed by atoms with E-state index in [9.17, 15) is 4.79 Å². The zero-order valence-corrected chi connectivity index (χ0v) is 17.2. The predicted octanol–water partition coefficient (Wildman–Crippen LogP) is 2.83. The highest BCUT2D eigenvalue weighted by atomic mass is 16.5. The Balaban J connectivity index is 1.56. The van der Waals surface area contributed by atoms with Crippen LogP contribution in [0.25, 0.3) is 0 Å². The Hall–Kier alpha value is -2.57. The van der Waals surface area contributed by atoms with Crippen LogP contribution in [-0.4, -0.2) is 57.9 Å². The van der Waals surface area contributed by atoms with Crippen LogP contribution in [0.15, 0.2) is 48.5 Å². The van der Waals surface area contributed by atoms with Crippen molar-refractivity contribution >= 4 is 5.91 Å². The number of carbonyl (C=O) groups excluding carboxylic acids is 1. The van der Waals surface area contributed by atoms with Crippen LogP contribution >= 0.6 is 0 Å². The lowest BCUT2D eigenvalue weighted by atomic mass is 10.0. The van der Waals surface area contributed by atoms with Crippen molar-refractivity contribution in [1.82, 2.24) is 10.2 Å². The first kappa shape index (κ1) is 21.1. The van der Waals surface area contributed by atoms with E-state index in [1.807, 2.05) is 36.4 Å². The molecule has 2 aromatic rings. The van der Waals surface area contributed by atoms with Gasteiger partial charge in [-0.25, -0.2) is 0 Å². The fourth-order valence-corrected chi connectivity index (χ4v) is 3.62. The van der Waals surface area contributed by atoms with Crippen molar-refractivity contribution in [3.8, 4) is 11.5 Å². The molecule has 1 N–H and O–H groups in total. The molecule has 1 aliphatic heterocycles. The van der Waals surface area contributed by atoms with E-state index < -0.39 is 0 Å².